The average Bonchev–Trinajstić information content (AvgIpc) is 3.08. The molecule has 0 amide bonds. The molecule has 8 heteroatoms. The lowest BCUT2D eigenvalue weighted by atomic mass is 10.2. The molecule has 2 aromatic heterocycles. The molecule has 0 aliphatic rings. The number of aromatic nitrogens is 1. The van der Waals surface area contributed by atoms with Gasteiger partial charge in [-0.3, -0.25) is 0 Å². The Balaban J connectivity index is 1.74. The first-order valence-corrected chi connectivity index (χ1v) is 9.58. The van der Waals surface area contributed by atoms with Gasteiger partial charge in [-0.15, -0.1) is 11.3 Å². The van der Waals surface area contributed by atoms with Gasteiger partial charge in [0.1, 0.15) is 12.1 Å². The van der Waals surface area contributed by atoms with Crippen molar-refractivity contribution in [3.05, 3.63) is 63.4 Å². The molecular formula is C15H11ClFNO3S2. The minimum atomic E-state index is -3.38. The third-order valence-corrected chi connectivity index (χ3v) is 5.90. The van der Waals surface area contributed by atoms with Crippen molar-refractivity contribution in [1.82, 2.24) is 4.98 Å². The van der Waals surface area contributed by atoms with Gasteiger partial charge in [0.15, 0.2) is 9.84 Å². The maximum Gasteiger partial charge on any atom is 0.226 e. The Morgan fingerprint density at radius 1 is 1.13 bits per heavy atom. The fourth-order valence-corrected chi connectivity index (χ4v) is 4.89. The Morgan fingerprint density at radius 3 is 2.52 bits per heavy atom. The first-order valence-electron chi connectivity index (χ1n) is 6.56. The van der Waals surface area contributed by atoms with Gasteiger partial charge < -0.3 is 4.42 Å². The van der Waals surface area contributed by atoms with Gasteiger partial charge in [-0.2, -0.15) is 0 Å². The highest BCUT2D eigenvalue weighted by atomic mass is 35.5. The van der Waals surface area contributed by atoms with Crippen LogP contribution in [0.3, 0.4) is 0 Å². The molecule has 0 atom stereocenters. The predicted molar refractivity (Wildman–Crippen MR) is 87.6 cm³/mol. The van der Waals surface area contributed by atoms with Crippen LogP contribution in [-0.4, -0.2) is 13.4 Å². The monoisotopic (exact) mass is 371 g/mol. The lowest BCUT2D eigenvalue weighted by molar-refractivity contribution is 0.571. The van der Waals surface area contributed by atoms with Crippen molar-refractivity contribution in [3.8, 4) is 11.5 Å². The van der Waals surface area contributed by atoms with Crippen molar-refractivity contribution in [1.29, 1.82) is 0 Å². The van der Waals surface area contributed by atoms with E-state index in [0.717, 1.165) is 0 Å². The number of hydrogen-bond donors (Lipinski definition) is 0. The van der Waals surface area contributed by atoms with Crippen molar-refractivity contribution < 1.29 is 17.2 Å². The average molecular weight is 372 g/mol. The summed E-state index contributed by atoms with van der Waals surface area (Å²) >= 11 is 7.04. The summed E-state index contributed by atoms with van der Waals surface area (Å²) < 4.78 is 43.1. The smallest absolute Gasteiger partial charge is 0.226 e. The fraction of sp³-hybridized carbons (Fsp3) is 0.133. The molecular weight excluding hydrogens is 361 g/mol. The highest BCUT2D eigenvalue weighted by Gasteiger charge is 2.18. The number of thiophene rings is 1. The van der Waals surface area contributed by atoms with Crippen molar-refractivity contribution in [2.75, 3.05) is 0 Å². The molecule has 0 aliphatic heterocycles. The number of benzene rings is 1. The largest absolute Gasteiger partial charge is 0.444 e. The summed E-state index contributed by atoms with van der Waals surface area (Å²) in [5.41, 5.74) is 0.895. The van der Waals surface area contributed by atoms with Crippen LogP contribution in [0.5, 0.6) is 0 Å². The Morgan fingerprint density at radius 2 is 1.87 bits per heavy atom. The van der Waals surface area contributed by atoms with E-state index in [1.54, 1.807) is 12.1 Å². The molecule has 0 fully saturated rings. The van der Waals surface area contributed by atoms with E-state index in [4.69, 9.17) is 16.0 Å². The summed E-state index contributed by atoms with van der Waals surface area (Å²) in [7, 11) is -3.38. The third kappa shape index (κ3) is 4.19. The maximum atomic E-state index is 12.9. The summed E-state index contributed by atoms with van der Waals surface area (Å²) in [6.45, 7) is 0. The van der Waals surface area contributed by atoms with Crippen molar-refractivity contribution in [2.45, 2.75) is 11.5 Å². The molecule has 4 nitrogen and oxygen atoms in total. The second kappa shape index (κ2) is 6.43. The third-order valence-electron chi connectivity index (χ3n) is 3.00. The molecule has 0 radical (unpaired) electrons. The zero-order chi connectivity index (χ0) is 16.4. The van der Waals surface area contributed by atoms with Crippen molar-refractivity contribution in [2.24, 2.45) is 0 Å². The Kier molecular flexibility index (Phi) is 4.52. The molecule has 1 aromatic carbocycles. The zero-order valence-electron chi connectivity index (χ0n) is 11.7. The molecule has 0 aliphatic carbocycles. The van der Waals surface area contributed by atoms with E-state index in [2.05, 4.69) is 4.98 Å². The van der Waals surface area contributed by atoms with Gasteiger partial charge in [0.05, 0.1) is 21.5 Å². The Labute approximate surface area is 141 Å². The quantitative estimate of drug-likeness (QED) is 0.670. The van der Waals surface area contributed by atoms with Gasteiger partial charge in [0.2, 0.25) is 5.89 Å². The van der Waals surface area contributed by atoms with E-state index in [1.807, 2.05) is 0 Å². The van der Waals surface area contributed by atoms with Gasteiger partial charge in [0, 0.05) is 10.4 Å². The van der Waals surface area contributed by atoms with E-state index < -0.39 is 9.84 Å². The fourth-order valence-electron chi connectivity index (χ4n) is 2.02. The molecule has 0 saturated carbocycles. The predicted octanol–water partition coefficient (Wildman–Crippen LogP) is 4.31. The molecule has 3 rings (SSSR count). The minimum absolute atomic E-state index is 0.0941. The minimum Gasteiger partial charge on any atom is -0.444 e. The van der Waals surface area contributed by atoms with E-state index >= 15 is 0 Å². The molecule has 0 saturated heterocycles. The number of nitrogens with zero attached hydrogens (tertiary/aromatic N) is 1. The van der Waals surface area contributed by atoms with Crippen LogP contribution in [0.25, 0.3) is 11.5 Å². The first kappa shape index (κ1) is 16.2. The molecule has 0 bridgehead atoms. The normalized spacial score (nSPS) is 11.7. The van der Waals surface area contributed by atoms with Gasteiger partial charge in [-0.25, -0.2) is 17.8 Å². The number of rotatable bonds is 5. The maximum absolute atomic E-state index is 12.9. The van der Waals surface area contributed by atoms with Crippen molar-refractivity contribution >= 4 is 32.8 Å². The first-order chi connectivity index (χ1) is 10.9. The molecule has 0 N–H and O–H groups in total. The molecule has 120 valence electrons. The lowest BCUT2D eigenvalue weighted by Gasteiger charge is -1.99. The van der Waals surface area contributed by atoms with Crippen LogP contribution in [0.2, 0.25) is 4.34 Å². The summed E-state index contributed by atoms with van der Waals surface area (Å²) in [5, 5.41) is 0. The van der Waals surface area contributed by atoms with E-state index in [0.29, 0.717) is 20.5 Å². The number of hydrogen-bond acceptors (Lipinski definition) is 5. The van der Waals surface area contributed by atoms with Crippen LogP contribution in [0.15, 0.2) is 47.1 Å². The van der Waals surface area contributed by atoms with Crippen LogP contribution in [0, 0.1) is 5.82 Å². The van der Waals surface area contributed by atoms with Crippen LogP contribution < -0.4 is 0 Å². The van der Waals surface area contributed by atoms with Crippen LogP contribution in [0.1, 0.15) is 10.6 Å². The van der Waals surface area contributed by atoms with Gasteiger partial charge >= 0.3 is 0 Å². The van der Waals surface area contributed by atoms with Crippen LogP contribution in [0.4, 0.5) is 4.39 Å². The zero-order valence-corrected chi connectivity index (χ0v) is 14.1. The van der Waals surface area contributed by atoms with Gasteiger partial charge in [-0.1, -0.05) is 11.6 Å². The summed E-state index contributed by atoms with van der Waals surface area (Å²) in [6.07, 6.45) is 1.30. The van der Waals surface area contributed by atoms with Crippen molar-refractivity contribution in [3.63, 3.8) is 0 Å². The topological polar surface area (TPSA) is 60.2 Å². The SMILES string of the molecule is O=S(=O)(Cc1coc(-c2ccc(F)cc2)n1)Cc1ccc(Cl)s1. The summed E-state index contributed by atoms with van der Waals surface area (Å²) in [4.78, 5) is 4.83. The molecule has 2 heterocycles. The lowest BCUT2D eigenvalue weighted by Crippen LogP contribution is -2.06. The molecule has 0 unspecified atom stereocenters. The van der Waals surface area contributed by atoms with Gasteiger partial charge in [-0.05, 0) is 36.4 Å². The highest BCUT2D eigenvalue weighted by molar-refractivity contribution is 7.90. The second-order valence-electron chi connectivity index (χ2n) is 4.89. The number of sulfone groups is 1. The Bertz CT molecular complexity index is 916. The Hall–Kier alpha value is -1.70. The number of halogens is 2. The van der Waals surface area contributed by atoms with E-state index in [1.165, 1.54) is 41.9 Å². The standard InChI is InChI=1S/C15H11ClFNO3S2/c16-14-6-5-13(22-14)9-23(19,20)8-12-7-21-15(18-12)10-1-3-11(17)4-2-10/h1-7H,8-9H2. The van der Waals surface area contributed by atoms with Crippen LogP contribution >= 0.6 is 22.9 Å². The highest BCUT2D eigenvalue weighted by Crippen LogP contribution is 2.25. The second-order valence-corrected chi connectivity index (χ2v) is 8.75. The van der Waals surface area contributed by atoms with E-state index in [-0.39, 0.29) is 23.2 Å². The van der Waals surface area contributed by atoms with E-state index in [9.17, 15) is 12.8 Å². The van der Waals surface area contributed by atoms with Gasteiger partial charge in [0.25, 0.3) is 0 Å². The van der Waals surface area contributed by atoms with Crippen LogP contribution in [-0.2, 0) is 21.3 Å². The summed E-state index contributed by atoms with van der Waals surface area (Å²) in [5.74, 6) is -0.428. The summed E-state index contributed by atoms with van der Waals surface area (Å²) in [6, 6.07) is 8.98. The number of oxazole rings is 1. The molecule has 3 aromatic rings. The molecule has 0 spiro atoms. The molecule has 23 heavy (non-hydrogen) atoms.